The lowest BCUT2D eigenvalue weighted by molar-refractivity contribution is 0.658. The van der Waals surface area contributed by atoms with Gasteiger partial charge in [0.1, 0.15) is 0 Å². The number of rotatable bonds is 3. The molecule has 8 aromatic rings. The summed E-state index contributed by atoms with van der Waals surface area (Å²) in [5.41, 5.74) is 17.9. The lowest BCUT2D eigenvalue weighted by Gasteiger charge is -2.23. The fraction of sp³-hybridized carbons (Fsp3) is 0.122. The largest absolute Gasteiger partial charge is 0.256 e. The molecule has 0 N–H and O–H groups in total. The predicted octanol–water partition coefficient (Wildman–Crippen LogP) is 13.0. The van der Waals surface area contributed by atoms with Crippen molar-refractivity contribution in [2.75, 3.05) is 0 Å². The van der Waals surface area contributed by atoms with E-state index >= 15 is 0 Å². The van der Waals surface area contributed by atoms with Crippen molar-refractivity contribution in [2.45, 2.75) is 38.5 Å². The Balaban J connectivity index is 0.978. The van der Waals surface area contributed by atoms with E-state index in [1.165, 1.54) is 93.9 Å². The number of benzene rings is 7. The summed E-state index contributed by atoms with van der Waals surface area (Å²) in [6.07, 6.45) is 1.91. The zero-order chi connectivity index (χ0) is 33.8. The molecule has 0 unspecified atom stereocenters. The highest BCUT2D eigenvalue weighted by atomic mass is 14.7. The van der Waals surface area contributed by atoms with Gasteiger partial charge in [0, 0.05) is 22.6 Å². The average Bonchev–Trinajstić information content (AvgIpc) is 3.52. The third-order valence-corrected chi connectivity index (χ3v) is 11.7. The van der Waals surface area contributed by atoms with Crippen LogP contribution in [0.5, 0.6) is 0 Å². The first-order valence-electron chi connectivity index (χ1n) is 17.7. The fourth-order valence-corrected chi connectivity index (χ4v) is 8.79. The quantitative estimate of drug-likeness (QED) is 0.187. The molecule has 7 aromatic carbocycles. The molecule has 0 radical (unpaired) electrons. The first-order chi connectivity index (χ1) is 24.3. The van der Waals surface area contributed by atoms with Gasteiger partial charge in [-0.15, -0.1) is 0 Å². The Morgan fingerprint density at radius 3 is 1.30 bits per heavy atom. The van der Waals surface area contributed by atoms with Gasteiger partial charge in [-0.2, -0.15) is 0 Å². The van der Waals surface area contributed by atoms with Gasteiger partial charge in [-0.05, 0) is 131 Å². The van der Waals surface area contributed by atoms with Crippen LogP contribution >= 0.6 is 0 Å². The summed E-state index contributed by atoms with van der Waals surface area (Å²) in [5.74, 6) is 0. The number of aromatic nitrogens is 1. The van der Waals surface area contributed by atoms with E-state index in [2.05, 4.69) is 173 Å². The van der Waals surface area contributed by atoms with Crippen molar-refractivity contribution in [1.82, 2.24) is 4.98 Å². The van der Waals surface area contributed by atoms with Crippen LogP contribution < -0.4 is 0 Å². The molecule has 0 fully saturated rings. The number of pyridine rings is 1. The Labute approximate surface area is 293 Å². The van der Waals surface area contributed by atoms with Crippen LogP contribution in [0.2, 0.25) is 0 Å². The third kappa shape index (κ3) is 4.23. The molecule has 1 heterocycles. The van der Waals surface area contributed by atoms with Gasteiger partial charge in [0.15, 0.2) is 0 Å². The molecular formula is C49H37N. The summed E-state index contributed by atoms with van der Waals surface area (Å²) in [7, 11) is 0. The minimum absolute atomic E-state index is 0.0696. The van der Waals surface area contributed by atoms with E-state index in [1.807, 2.05) is 6.20 Å². The predicted molar refractivity (Wildman–Crippen MR) is 211 cm³/mol. The van der Waals surface area contributed by atoms with E-state index in [-0.39, 0.29) is 10.8 Å². The maximum absolute atomic E-state index is 4.75. The summed E-state index contributed by atoms with van der Waals surface area (Å²) in [4.78, 5) is 4.75. The molecule has 2 aliphatic carbocycles. The summed E-state index contributed by atoms with van der Waals surface area (Å²) >= 11 is 0. The molecule has 0 amide bonds. The van der Waals surface area contributed by atoms with Crippen LogP contribution in [-0.4, -0.2) is 4.98 Å². The van der Waals surface area contributed by atoms with Crippen molar-refractivity contribution in [3.05, 3.63) is 174 Å². The third-order valence-electron chi connectivity index (χ3n) is 11.7. The standard InChI is InChI=1S/C49H37N/c1-48(2)43-10-7-23-50-47(43)42-22-19-39(29-46(42)48)38-18-21-41-40-20-17-37(27-44(40)49(3,4)45(41)28-38)36-16-15-34-25-33(13-14-35(34)26-36)32-12-11-30-8-5-6-9-31(30)24-32/h5-29H,1-4H3. The minimum Gasteiger partial charge on any atom is -0.256 e. The smallest absolute Gasteiger partial charge is 0.0745 e. The van der Waals surface area contributed by atoms with Crippen molar-refractivity contribution in [3.63, 3.8) is 0 Å². The number of nitrogens with zero attached hydrogens (tertiary/aromatic N) is 1. The Morgan fingerprint density at radius 2 is 0.740 bits per heavy atom. The Hall–Kier alpha value is -5.79. The van der Waals surface area contributed by atoms with Crippen LogP contribution in [0.25, 0.3) is 77.3 Å². The molecule has 238 valence electrons. The highest BCUT2D eigenvalue weighted by Crippen LogP contribution is 2.52. The molecule has 0 bridgehead atoms. The van der Waals surface area contributed by atoms with Gasteiger partial charge in [-0.1, -0.05) is 131 Å². The zero-order valence-electron chi connectivity index (χ0n) is 28.9. The monoisotopic (exact) mass is 639 g/mol. The molecule has 0 atom stereocenters. The van der Waals surface area contributed by atoms with Crippen LogP contribution in [0.3, 0.4) is 0 Å². The molecule has 2 aliphatic rings. The second-order valence-electron chi connectivity index (χ2n) is 15.3. The van der Waals surface area contributed by atoms with Gasteiger partial charge in [0.25, 0.3) is 0 Å². The molecule has 1 heteroatoms. The van der Waals surface area contributed by atoms with Crippen LogP contribution in [0, 0.1) is 0 Å². The van der Waals surface area contributed by atoms with E-state index in [9.17, 15) is 0 Å². The molecule has 1 nitrogen and oxygen atoms in total. The number of hydrogen-bond donors (Lipinski definition) is 0. The maximum atomic E-state index is 4.75. The molecule has 0 aliphatic heterocycles. The average molecular weight is 640 g/mol. The van der Waals surface area contributed by atoms with Gasteiger partial charge < -0.3 is 0 Å². The van der Waals surface area contributed by atoms with E-state index in [1.54, 1.807) is 0 Å². The van der Waals surface area contributed by atoms with Crippen molar-refractivity contribution in [2.24, 2.45) is 0 Å². The molecule has 0 saturated heterocycles. The normalized spacial score (nSPS) is 14.7. The van der Waals surface area contributed by atoms with Crippen LogP contribution in [0.15, 0.2) is 152 Å². The Kier molecular flexibility index (Phi) is 6.04. The van der Waals surface area contributed by atoms with E-state index in [0.29, 0.717) is 0 Å². The zero-order valence-corrected chi connectivity index (χ0v) is 28.9. The number of hydrogen-bond acceptors (Lipinski definition) is 1. The van der Waals surface area contributed by atoms with Gasteiger partial charge in [0.05, 0.1) is 5.69 Å². The minimum atomic E-state index is -0.113. The lowest BCUT2D eigenvalue weighted by atomic mass is 9.80. The first kappa shape index (κ1) is 29.2. The lowest BCUT2D eigenvalue weighted by Crippen LogP contribution is -2.15. The maximum Gasteiger partial charge on any atom is 0.0745 e. The SMILES string of the molecule is CC1(C)c2cc(-c3ccc4c(c3)C(C)(C)c3cccnc3-4)ccc2-c2ccc(-c3ccc4cc(-c5ccc6ccccc6c5)ccc4c3)cc21. The molecule has 10 rings (SSSR count). The highest BCUT2D eigenvalue weighted by molar-refractivity contribution is 5.94. The van der Waals surface area contributed by atoms with E-state index in [0.717, 1.165) is 5.69 Å². The molecule has 0 saturated carbocycles. The van der Waals surface area contributed by atoms with Gasteiger partial charge >= 0.3 is 0 Å². The van der Waals surface area contributed by atoms with Crippen LogP contribution in [-0.2, 0) is 10.8 Å². The topological polar surface area (TPSA) is 12.9 Å². The first-order valence-corrected chi connectivity index (χ1v) is 17.7. The van der Waals surface area contributed by atoms with E-state index in [4.69, 9.17) is 4.98 Å². The Morgan fingerprint density at radius 1 is 0.340 bits per heavy atom. The van der Waals surface area contributed by atoms with Crippen LogP contribution in [0.4, 0.5) is 0 Å². The molecular weight excluding hydrogens is 603 g/mol. The Bertz CT molecular complexity index is 2710. The van der Waals surface area contributed by atoms with Crippen molar-refractivity contribution in [1.29, 1.82) is 0 Å². The molecule has 1 aromatic heterocycles. The summed E-state index contributed by atoms with van der Waals surface area (Å²) in [6, 6.07) is 54.5. The van der Waals surface area contributed by atoms with Crippen LogP contribution in [0.1, 0.15) is 49.9 Å². The highest BCUT2D eigenvalue weighted by Gasteiger charge is 2.38. The second-order valence-corrected chi connectivity index (χ2v) is 15.3. The fourth-order valence-electron chi connectivity index (χ4n) is 8.79. The summed E-state index contributed by atoms with van der Waals surface area (Å²) in [6.45, 7) is 9.41. The van der Waals surface area contributed by atoms with E-state index < -0.39 is 0 Å². The molecule has 0 spiro atoms. The van der Waals surface area contributed by atoms with Crippen molar-refractivity contribution < 1.29 is 0 Å². The van der Waals surface area contributed by atoms with Crippen molar-refractivity contribution >= 4 is 21.5 Å². The van der Waals surface area contributed by atoms with Gasteiger partial charge in [-0.3, -0.25) is 4.98 Å². The summed E-state index contributed by atoms with van der Waals surface area (Å²) < 4.78 is 0. The second kappa shape index (κ2) is 10.4. The van der Waals surface area contributed by atoms with Crippen molar-refractivity contribution in [3.8, 4) is 55.8 Å². The van der Waals surface area contributed by atoms with Gasteiger partial charge in [0.2, 0.25) is 0 Å². The summed E-state index contributed by atoms with van der Waals surface area (Å²) in [5, 5.41) is 5.07. The number of fused-ring (bicyclic) bond motifs is 8. The van der Waals surface area contributed by atoms with Gasteiger partial charge in [-0.25, -0.2) is 0 Å². The molecule has 50 heavy (non-hydrogen) atoms.